The third-order valence-corrected chi connectivity index (χ3v) is 2.66. The minimum Gasteiger partial charge on any atom is -0.496 e. The number of isocyanates is 1. The number of hydrogen-bond donors (Lipinski definition) is 0. The van der Waals surface area contributed by atoms with E-state index in [1.54, 1.807) is 13.2 Å². The molecule has 0 amide bonds. The molecule has 3 heteroatoms. The van der Waals surface area contributed by atoms with Crippen LogP contribution in [0.3, 0.4) is 0 Å². The summed E-state index contributed by atoms with van der Waals surface area (Å²) in [5, 5.41) is 0. The lowest BCUT2D eigenvalue weighted by Crippen LogP contribution is -2.02. The molecule has 0 aliphatic heterocycles. The lowest BCUT2D eigenvalue weighted by Gasteiger charge is -2.16. The SMILES string of the molecule is COc1c(CC(C)C)cccc1C(C)N=C=O. The first-order valence-corrected chi connectivity index (χ1v) is 5.82. The summed E-state index contributed by atoms with van der Waals surface area (Å²) in [6.45, 7) is 6.19. The fourth-order valence-electron chi connectivity index (χ4n) is 1.93. The maximum atomic E-state index is 10.3. The Morgan fingerprint density at radius 3 is 2.59 bits per heavy atom. The molecule has 0 spiro atoms. The summed E-state index contributed by atoms with van der Waals surface area (Å²) in [4.78, 5) is 14.1. The molecule has 0 aliphatic carbocycles. The molecular weight excluding hydrogens is 214 g/mol. The van der Waals surface area contributed by atoms with Crippen molar-refractivity contribution in [2.24, 2.45) is 10.9 Å². The third-order valence-electron chi connectivity index (χ3n) is 2.66. The minimum atomic E-state index is -0.213. The van der Waals surface area contributed by atoms with Crippen LogP contribution in [-0.4, -0.2) is 13.2 Å². The van der Waals surface area contributed by atoms with Gasteiger partial charge in [0.05, 0.1) is 13.2 Å². The molecule has 0 saturated heterocycles. The Kier molecular flexibility index (Phi) is 4.92. The highest BCUT2D eigenvalue weighted by Crippen LogP contribution is 2.31. The molecule has 0 fully saturated rings. The van der Waals surface area contributed by atoms with Crippen molar-refractivity contribution in [3.05, 3.63) is 29.3 Å². The van der Waals surface area contributed by atoms with Gasteiger partial charge in [0.2, 0.25) is 6.08 Å². The van der Waals surface area contributed by atoms with Crippen molar-refractivity contribution in [1.29, 1.82) is 0 Å². The van der Waals surface area contributed by atoms with Gasteiger partial charge in [-0.25, -0.2) is 4.79 Å². The van der Waals surface area contributed by atoms with E-state index in [2.05, 4.69) is 24.9 Å². The standard InChI is InChI=1S/C14H19NO2/c1-10(2)8-12-6-5-7-13(14(12)17-4)11(3)15-9-16/h5-7,10-11H,8H2,1-4H3. The molecule has 0 aliphatic rings. The molecule has 17 heavy (non-hydrogen) atoms. The van der Waals surface area contributed by atoms with Crippen LogP contribution >= 0.6 is 0 Å². The number of para-hydroxylation sites is 1. The first-order valence-electron chi connectivity index (χ1n) is 5.82. The lowest BCUT2D eigenvalue weighted by molar-refractivity contribution is 0.399. The van der Waals surface area contributed by atoms with Gasteiger partial charge in [0.15, 0.2) is 0 Å². The fourth-order valence-corrected chi connectivity index (χ4v) is 1.93. The number of ether oxygens (including phenoxy) is 1. The topological polar surface area (TPSA) is 38.7 Å². The molecule has 1 unspecified atom stereocenters. The van der Waals surface area contributed by atoms with Crippen molar-refractivity contribution < 1.29 is 9.53 Å². The summed E-state index contributed by atoms with van der Waals surface area (Å²) >= 11 is 0. The maximum absolute atomic E-state index is 10.3. The predicted octanol–water partition coefficient (Wildman–Crippen LogP) is 3.29. The van der Waals surface area contributed by atoms with Crippen LogP contribution in [0.5, 0.6) is 5.75 Å². The molecule has 1 rings (SSSR count). The van der Waals surface area contributed by atoms with Gasteiger partial charge in [-0.1, -0.05) is 32.0 Å². The van der Waals surface area contributed by atoms with Gasteiger partial charge in [0.25, 0.3) is 0 Å². The largest absolute Gasteiger partial charge is 0.496 e. The van der Waals surface area contributed by atoms with Gasteiger partial charge in [-0.3, -0.25) is 0 Å². The van der Waals surface area contributed by atoms with Crippen LogP contribution in [-0.2, 0) is 11.2 Å². The zero-order chi connectivity index (χ0) is 12.8. The maximum Gasteiger partial charge on any atom is 0.235 e. The van der Waals surface area contributed by atoms with E-state index in [0.717, 1.165) is 23.3 Å². The highest BCUT2D eigenvalue weighted by molar-refractivity contribution is 5.45. The van der Waals surface area contributed by atoms with E-state index in [9.17, 15) is 4.79 Å². The van der Waals surface area contributed by atoms with Crippen molar-refractivity contribution in [1.82, 2.24) is 0 Å². The molecule has 0 saturated carbocycles. The van der Waals surface area contributed by atoms with Crippen LogP contribution in [0.25, 0.3) is 0 Å². The predicted molar refractivity (Wildman–Crippen MR) is 68.1 cm³/mol. The summed E-state index contributed by atoms with van der Waals surface area (Å²) in [5.74, 6) is 1.40. The summed E-state index contributed by atoms with van der Waals surface area (Å²) in [6, 6.07) is 5.76. The molecule has 0 bridgehead atoms. The van der Waals surface area contributed by atoms with Crippen molar-refractivity contribution in [3.63, 3.8) is 0 Å². The minimum absolute atomic E-state index is 0.213. The number of nitrogens with zero attached hydrogens (tertiary/aromatic N) is 1. The van der Waals surface area contributed by atoms with Crippen molar-refractivity contribution in [2.75, 3.05) is 7.11 Å². The lowest BCUT2D eigenvalue weighted by atomic mass is 9.97. The van der Waals surface area contributed by atoms with E-state index in [1.807, 2.05) is 19.1 Å². The van der Waals surface area contributed by atoms with Crippen LogP contribution in [0.1, 0.15) is 37.9 Å². The number of benzene rings is 1. The Bertz CT molecular complexity index is 420. The first kappa shape index (κ1) is 13.5. The highest BCUT2D eigenvalue weighted by atomic mass is 16.5. The van der Waals surface area contributed by atoms with Gasteiger partial charge in [0.1, 0.15) is 5.75 Å². The van der Waals surface area contributed by atoms with E-state index in [4.69, 9.17) is 4.74 Å². The Labute approximate surface area is 103 Å². The second kappa shape index (κ2) is 6.21. The van der Waals surface area contributed by atoms with E-state index >= 15 is 0 Å². The Hall–Kier alpha value is -1.60. The Balaban J connectivity index is 3.17. The molecule has 0 aromatic heterocycles. The summed E-state index contributed by atoms with van der Waals surface area (Å²) < 4.78 is 5.46. The van der Waals surface area contributed by atoms with Crippen LogP contribution in [0, 0.1) is 5.92 Å². The second-order valence-electron chi connectivity index (χ2n) is 4.53. The molecule has 1 aromatic rings. The molecule has 0 radical (unpaired) electrons. The monoisotopic (exact) mass is 233 g/mol. The van der Waals surface area contributed by atoms with Crippen molar-refractivity contribution in [3.8, 4) is 5.75 Å². The van der Waals surface area contributed by atoms with E-state index < -0.39 is 0 Å². The van der Waals surface area contributed by atoms with Gasteiger partial charge in [-0.15, -0.1) is 0 Å². The molecule has 1 aromatic carbocycles. The molecule has 0 N–H and O–H groups in total. The van der Waals surface area contributed by atoms with Gasteiger partial charge in [-0.05, 0) is 24.8 Å². The first-order chi connectivity index (χ1) is 8.10. The smallest absolute Gasteiger partial charge is 0.235 e. The summed E-state index contributed by atoms with van der Waals surface area (Å²) in [6.07, 6.45) is 2.55. The molecule has 92 valence electrons. The third kappa shape index (κ3) is 3.43. The Morgan fingerprint density at radius 1 is 1.35 bits per heavy atom. The highest BCUT2D eigenvalue weighted by Gasteiger charge is 2.14. The number of methoxy groups -OCH3 is 1. The molecule has 3 nitrogen and oxygen atoms in total. The molecular formula is C14H19NO2. The van der Waals surface area contributed by atoms with E-state index in [-0.39, 0.29) is 6.04 Å². The molecule has 1 atom stereocenters. The quantitative estimate of drug-likeness (QED) is 0.578. The molecule has 0 heterocycles. The van der Waals surface area contributed by atoms with Crippen LogP contribution in [0.4, 0.5) is 0 Å². The van der Waals surface area contributed by atoms with E-state index in [1.165, 1.54) is 0 Å². The second-order valence-corrected chi connectivity index (χ2v) is 4.53. The number of hydrogen-bond acceptors (Lipinski definition) is 3. The zero-order valence-corrected chi connectivity index (χ0v) is 10.9. The fraction of sp³-hybridized carbons (Fsp3) is 0.500. The van der Waals surface area contributed by atoms with E-state index in [0.29, 0.717) is 5.92 Å². The van der Waals surface area contributed by atoms with Crippen molar-refractivity contribution in [2.45, 2.75) is 33.2 Å². The average Bonchev–Trinajstić information content (AvgIpc) is 2.28. The normalized spacial score (nSPS) is 12.1. The van der Waals surface area contributed by atoms with Crippen molar-refractivity contribution >= 4 is 6.08 Å². The van der Waals surface area contributed by atoms with Gasteiger partial charge < -0.3 is 4.74 Å². The van der Waals surface area contributed by atoms with Crippen LogP contribution < -0.4 is 4.74 Å². The van der Waals surface area contributed by atoms with Crippen LogP contribution in [0.2, 0.25) is 0 Å². The zero-order valence-electron chi connectivity index (χ0n) is 10.9. The van der Waals surface area contributed by atoms with Crippen LogP contribution in [0.15, 0.2) is 23.2 Å². The van der Waals surface area contributed by atoms with Gasteiger partial charge in [-0.2, -0.15) is 4.99 Å². The van der Waals surface area contributed by atoms with Gasteiger partial charge >= 0.3 is 0 Å². The number of carbonyl (C=O) groups excluding carboxylic acids is 1. The average molecular weight is 233 g/mol. The van der Waals surface area contributed by atoms with Gasteiger partial charge in [0, 0.05) is 5.56 Å². The Morgan fingerprint density at radius 2 is 2.06 bits per heavy atom. The summed E-state index contributed by atoms with van der Waals surface area (Å²) in [7, 11) is 1.65. The number of aliphatic imine (C=N–C) groups is 1. The number of rotatable bonds is 5. The summed E-state index contributed by atoms with van der Waals surface area (Å²) in [5.41, 5.74) is 2.10.